The molecule has 0 bridgehead atoms. The van der Waals surface area contributed by atoms with Crippen molar-refractivity contribution in [2.24, 2.45) is 0 Å². The highest BCUT2D eigenvalue weighted by Gasteiger charge is 2.13. The molecule has 0 amide bonds. The molecule has 4 heteroatoms. The average Bonchev–Trinajstić information content (AvgIpc) is 2.69. The fraction of sp³-hybridized carbons (Fsp3) is 0.538. The van der Waals surface area contributed by atoms with Gasteiger partial charge < -0.3 is 20.3 Å². The van der Waals surface area contributed by atoms with Gasteiger partial charge in [0.15, 0.2) is 0 Å². The third kappa shape index (κ3) is 23.8. The predicted octanol–water partition coefficient (Wildman–Crippen LogP) is 7.87. The van der Waals surface area contributed by atoms with E-state index in [1.54, 1.807) is 0 Å². The molecule has 0 radical (unpaired) electrons. The van der Waals surface area contributed by atoms with Crippen LogP contribution >= 0.6 is 0 Å². The summed E-state index contributed by atoms with van der Waals surface area (Å²) in [5.41, 5.74) is 0.541. The fourth-order valence-corrected chi connectivity index (χ4v) is 1.68. The van der Waals surface area contributed by atoms with E-state index in [0.29, 0.717) is 13.0 Å². The van der Waals surface area contributed by atoms with Crippen molar-refractivity contribution in [1.29, 1.82) is 10.8 Å². The van der Waals surface area contributed by atoms with E-state index in [1.165, 1.54) is 12.4 Å². The molecule has 0 aromatic heterocycles. The number of allylic oxidation sites excluding steroid dienone is 3. The Balaban J connectivity index is -0.000000416. The SMILES string of the molecule is CC.CC.CC(C)(C)OC/C=C\C=C/CC=N.CC(C)(C)Oc1ccccc1C=N. The lowest BCUT2D eigenvalue weighted by Gasteiger charge is -2.22. The molecule has 0 saturated carbocycles. The van der Waals surface area contributed by atoms with Crippen molar-refractivity contribution in [3.63, 3.8) is 0 Å². The average molecular weight is 419 g/mol. The lowest BCUT2D eigenvalue weighted by Crippen LogP contribution is -2.23. The molecule has 172 valence electrons. The van der Waals surface area contributed by atoms with Crippen molar-refractivity contribution in [2.45, 2.75) is 86.9 Å². The molecule has 0 unspecified atom stereocenters. The topological polar surface area (TPSA) is 66.2 Å². The number of hydrogen-bond donors (Lipinski definition) is 2. The van der Waals surface area contributed by atoms with Gasteiger partial charge in [-0.3, -0.25) is 0 Å². The number of para-hydroxylation sites is 1. The maximum atomic E-state index is 7.19. The minimum atomic E-state index is -0.209. The molecule has 30 heavy (non-hydrogen) atoms. The van der Waals surface area contributed by atoms with Gasteiger partial charge in [-0.2, -0.15) is 0 Å². The molecule has 0 fully saturated rings. The van der Waals surface area contributed by atoms with Gasteiger partial charge in [0.25, 0.3) is 0 Å². The Hall–Kier alpha value is -2.20. The van der Waals surface area contributed by atoms with Crippen LogP contribution in [0.4, 0.5) is 0 Å². The standard InChI is InChI=1S/C11H15NO.C11H19NO.2C2H6/c1-11(2,3)13-10-7-5-4-6-9(10)8-12;1-11(2,3)13-10-8-6-4-5-7-9-12;2*1-2/h4-8,12H,1-3H3;4-6,8-9,12H,7,10H2,1-3H3;2*1-2H3/b;5-4-,8-6-,12-9?;;. The van der Waals surface area contributed by atoms with Crippen molar-refractivity contribution in [3.05, 3.63) is 54.1 Å². The summed E-state index contributed by atoms with van der Waals surface area (Å²) in [6, 6.07) is 7.56. The molecule has 1 rings (SSSR count). The Labute approximate surface area is 186 Å². The van der Waals surface area contributed by atoms with Gasteiger partial charge in [-0.1, -0.05) is 64.1 Å². The van der Waals surface area contributed by atoms with Crippen molar-refractivity contribution in [3.8, 4) is 5.75 Å². The monoisotopic (exact) mass is 418 g/mol. The first-order valence-electron chi connectivity index (χ1n) is 10.8. The van der Waals surface area contributed by atoms with E-state index < -0.39 is 0 Å². The van der Waals surface area contributed by atoms with Crippen molar-refractivity contribution in [2.75, 3.05) is 6.61 Å². The Morgan fingerprint density at radius 2 is 1.33 bits per heavy atom. The van der Waals surface area contributed by atoms with E-state index in [2.05, 4.69) is 0 Å². The van der Waals surface area contributed by atoms with Crippen molar-refractivity contribution in [1.82, 2.24) is 0 Å². The second-order valence-electron chi connectivity index (χ2n) is 7.62. The Bertz CT molecular complexity index is 592. The molecule has 4 nitrogen and oxygen atoms in total. The third-order valence-electron chi connectivity index (χ3n) is 2.74. The van der Waals surface area contributed by atoms with Crippen LogP contribution in [0, 0.1) is 10.8 Å². The maximum absolute atomic E-state index is 7.19. The number of ether oxygens (including phenoxy) is 2. The molecular formula is C26H46N2O2. The zero-order chi connectivity index (χ0) is 24.1. The largest absolute Gasteiger partial charge is 0.487 e. The van der Waals surface area contributed by atoms with Crippen LogP contribution < -0.4 is 4.74 Å². The summed E-state index contributed by atoms with van der Waals surface area (Å²) in [7, 11) is 0. The molecule has 0 aliphatic rings. The molecular weight excluding hydrogens is 372 g/mol. The smallest absolute Gasteiger partial charge is 0.128 e. The Morgan fingerprint density at radius 3 is 1.80 bits per heavy atom. The second kappa shape index (κ2) is 20.1. The number of hydrogen-bond acceptors (Lipinski definition) is 4. The molecule has 1 aromatic carbocycles. The zero-order valence-corrected chi connectivity index (χ0v) is 21.0. The summed E-state index contributed by atoms with van der Waals surface area (Å²) in [6.45, 7) is 20.7. The van der Waals surface area contributed by atoms with Gasteiger partial charge in [0, 0.05) is 18.2 Å². The van der Waals surface area contributed by atoms with Crippen molar-refractivity contribution >= 4 is 12.4 Å². The maximum Gasteiger partial charge on any atom is 0.128 e. The number of nitrogens with one attached hydrogen (secondary N) is 2. The van der Waals surface area contributed by atoms with Crippen LogP contribution in [0.15, 0.2) is 48.6 Å². The van der Waals surface area contributed by atoms with Crippen LogP contribution in [0.3, 0.4) is 0 Å². The molecule has 0 spiro atoms. The van der Waals surface area contributed by atoms with Gasteiger partial charge in [0.2, 0.25) is 0 Å². The summed E-state index contributed by atoms with van der Waals surface area (Å²) in [5, 5.41) is 14.0. The highest BCUT2D eigenvalue weighted by atomic mass is 16.5. The van der Waals surface area contributed by atoms with E-state index in [4.69, 9.17) is 20.3 Å². The first-order chi connectivity index (χ1) is 14.1. The van der Waals surface area contributed by atoms with E-state index in [1.807, 2.05) is 118 Å². The Kier molecular flexibility index (Phi) is 21.7. The van der Waals surface area contributed by atoms with Gasteiger partial charge in [0.1, 0.15) is 11.4 Å². The van der Waals surface area contributed by atoms with Crippen LogP contribution in [0.1, 0.15) is 81.2 Å². The minimum absolute atomic E-state index is 0.0665. The molecule has 1 aromatic rings. The molecule has 0 heterocycles. The van der Waals surface area contributed by atoms with E-state index in [9.17, 15) is 0 Å². The van der Waals surface area contributed by atoms with Crippen LogP contribution in [0.2, 0.25) is 0 Å². The second-order valence-corrected chi connectivity index (χ2v) is 7.62. The lowest BCUT2D eigenvalue weighted by molar-refractivity contribution is 0.0150. The molecule has 2 N–H and O–H groups in total. The molecule has 0 atom stereocenters. The summed E-state index contributed by atoms with van der Waals surface area (Å²) in [5.74, 6) is 0.769. The molecule has 0 aliphatic carbocycles. The predicted molar refractivity (Wildman–Crippen MR) is 135 cm³/mol. The van der Waals surface area contributed by atoms with E-state index in [0.717, 1.165) is 11.3 Å². The normalized spacial score (nSPS) is 10.7. The van der Waals surface area contributed by atoms with Crippen LogP contribution in [-0.2, 0) is 4.74 Å². The molecule has 0 aliphatic heterocycles. The van der Waals surface area contributed by atoms with Gasteiger partial charge in [0.05, 0.1) is 12.2 Å². The number of benzene rings is 1. The number of rotatable bonds is 7. The summed E-state index contributed by atoms with van der Waals surface area (Å²) in [4.78, 5) is 0. The van der Waals surface area contributed by atoms with Crippen molar-refractivity contribution < 1.29 is 9.47 Å². The highest BCUT2D eigenvalue weighted by Crippen LogP contribution is 2.21. The van der Waals surface area contributed by atoms with Crippen LogP contribution in [-0.4, -0.2) is 30.2 Å². The van der Waals surface area contributed by atoms with Gasteiger partial charge in [-0.15, -0.1) is 0 Å². The van der Waals surface area contributed by atoms with Crippen LogP contribution in [0.5, 0.6) is 5.75 Å². The van der Waals surface area contributed by atoms with Gasteiger partial charge in [-0.25, -0.2) is 0 Å². The first kappa shape index (κ1) is 32.5. The zero-order valence-electron chi connectivity index (χ0n) is 21.0. The quantitative estimate of drug-likeness (QED) is 0.349. The molecule has 0 saturated heterocycles. The summed E-state index contributed by atoms with van der Waals surface area (Å²) < 4.78 is 11.1. The van der Waals surface area contributed by atoms with Gasteiger partial charge >= 0.3 is 0 Å². The van der Waals surface area contributed by atoms with E-state index in [-0.39, 0.29) is 11.2 Å². The lowest BCUT2D eigenvalue weighted by atomic mass is 10.1. The van der Waals surface area contributed by atoms with E-state index >= 15 is 0 Å². The minimum Gasteiger partial charge on any atom is -0.487 e. The highest BCUT2D eigenvalue weighted by molar-refractivity contribution is 5.81. The Morgan fingerprint density at radius 1 is 0.800 bits per heavy atom. The fourth-order valence-electron chi connectivity index (χ4n) is 1.68. The summed E-state index contributed by atoms with van der Waals surface area (Å²) in [6.07, 6.45) is 11.1. The third-order valence-corrected chi connectivity index (χ3v) is 2.74. The summed E-state index contributed by atoms with van der Waals surface area (Å²) >= 11 is 0. The van der Waals surface area contributed by atoms with Crippen LogP contribution in [0.25, 0.3) is 0 Å². The van der Waals surface area contributed by atoms with Gasteiger partial charge in [-0.05, 0) is 59.9 Å². The first-order valence-corrected chi connectivity index (χ1v) is 10.8.